The highest BCUT2D eigenvalue weighted by atomic mass is 32.1. The van der Waals surface area contributed by atoms with Gasteiger partial charge in [-0.05, 0) is 11.1 Å². The van der Waals surface area contributed by atoms with Crippen LogP contribution in [-0.4, -0.2) is 12.0 Å². The molecule has 0 saturated carbocycles. The van der Waals surface area contributed by atoms with Crippen LogP contribution in [0.4, 0.5) is 0 Å². The highest BCUT2D eigenvalue weighted by Gasteiger charge is 2.06. The minimum absolute atomic E-state index is 0.777. The molecule has 0 aromatic heterocycles. The molecule has 0 heterocycles. The van der Waals surface area contributed by atoms with Crippen LogP contribution in [0.15, 0.2) is 54.6 Å². The first-order valence-electron chi connectivity index (χ1n) is 5.19. The summed E-state index contributed by atoms with van der Waals surface area (Å²) in [4.78, 5) is 0.777. The highest BCUT2D eigenvalue weighted by molar-refractivity contribution is 7.80. The monoisotopic (exact) mass is 227 g/mol. The molecule has 2 aromatic carbocycles. The molecule has 2 aromatic rings. The van der Waals surface area contributed by atoms with Crippen LogP contribution >= 0.6 is 12.2 Å². The smallest absolute Gasteiger partial charge is 0.106 e. The van der Waals surface area contributed by atoms with E-state index in [9.17, 15) is 0 Å². The predicted molar refractivity (Wildman–Crippen MR) is 72.6 cm³/mol. The van der Waals surface area contributed by atoms with Gasteiger partial charge in [-0.15, -0.1) is 0 Å². The highest BCUT2D eigenvalue weighted by Crippen LogP contribution is 2.23. The second kappa shape index (κ2) is 4.90. The van der Waals surface area contributed by atoms with Crippen molar-refractivity contribution in [1.29, 1.82) is 0 Å². The molecule has 1 nitrogen and oxygen atoms in total. The van der Waals surface area contributed by atoms with Crippen molar-refractivity contribution in [2.75, 3.05) is 7.05 Å². The summed E-state index contributed by atoms with van der Waals surface area (Å²) in [7, 11) is 1.85. The molecule has 0 saturated heterocycles. The quantitative estimate of drug-likeness (QED) is 0.790. The van der Waals surface area contributed by atoms with Gasteiger partial charge >= 0.3 is 0 Å². The fraction of sp³-hybridized carbons (Fsp3) is 0.0714. The van der Waals surface area contributed by atoms with Gasteiger partial charge in [0.05, 0.1) is 0 Å². The van der Waals surface area contributed by atoms with E-state index in [1.165, 1.54) is 11.1 Å². The molecule has 80 valence electrons. The zero-order valence-corrected chi connectivity index (χ0v) is 9.92. The number of rotatable bonds is 2. The van der Waals surface area contributed by atoms with Crippen molar-refractivity contribution < 1.29 is 0 Å². The summed E-state index contributed by atoms with van der Waals surface area (Å²) in [5, 5.41) is 3.02. The zero-order chi connectivity index (χ0) is 11.4. The lowest BCUT2D eigenvalue weighted by Gasteiger charge is -2.10. The zero-order valence-electron chi connectivity index (χ0n) is 9.10. The van der Waals surface area contributed by atoms with E-state index in [1.807, 2.05) is 43.4 Å². The molecule has 2 heteroatoms. The molecule has 0 unspecified atom stereocenters. The third-order valence-electron chi connectivity index (χ3n) is 2.48. The van der Waals surface area contributed by atoms with Crippen LogP contribution in [0, 0.1) is 0 Å². The summed E-state index contributed by atoms with van der Waals surface area (Å²) in [6, 6.07) is 18.4. The minimum Gasteiger partial charge on any atom is -0.379 e. The van der Waals surface area contributed by atoms with Crippen molar-refractivity contribution >= 4 is 17.2 Å². The van der Waals surface area contributed by atoms with Crippen molar-refractivity contribution in [2.45, 2.75) is 0 Å². The van der Waals surface area contributed by atoms with E-state index >= 15 is 0 Å². The van der Waals surface area contributed by atoms with Gasteiger partial charge in [-0.2, -0.15) is 0 Å². The number of benzene rings is 2. The average Bonchev–Trinajstić information content (AvgIpc) is 2.39. The summed E-state index contributed by atoms with van der Waals surface area (Å²) in [5.41, 5.74) is 3.43. The van der Waals surface area contributed by atoms with Crippen LogP contribution in [-0.2, 0) is 0 Å². The molecule has 0 bridgehead atoms. The molecule has 1 N–H and O–H groups in total. The summed E-state index contributed by atoms with van der Waals surface area (Å²) < 4.78 is 0. The molecule has 0 aliphatic rings. The molecule has 0 aliphatic carbocycles. The molecule has 0 spiro atoms. The van der Waals surface area contributed by atoms with E-state index in [2.05, 4.69) is 23.5 Å². The Balaban J connectivity index is 2.53. The van der Waals surface area contributed by atoms with Crippen molar-refractivity contribution in [1.82, 2.24) is 5.32 Å². The molecule has 0 radical (unpaired) electrons. The van der Waals surface area contributed by atoms with Crippen molar-refractivity contribution in [3.63, 3.8) is 0 Å². The van der Waals surface area contributed by atoms with Crippen molar-refractivity contribution in [2.24, 2.45) is 0 Å². The summed E-state index contributed by atoms with van der Waals surface area (Å²) in [6.07, 6.45) is 0. The van der Waals surface area contributed by atoms with Crippen LogP contribution < -0.4 is 5.32 Å². The largest absolute Gasteiger partial charge is 0.379 e. The molecule has 2 rings (SSSR count). The van der Waals surface area contributed by atoms with Gasteiger partial charge < -0.3 is 5.32 Å². The Labute approximate surface area is 101 Å². The molecule has 16 heavy (non-hydrogen) atoms. The van der Waals surface area contributed by atoms with E-state index in [1.54, 1.807) is 0 Å². The predicted octanol–water partition coefficient (Wildman–Crippen LogP) is 3.25. The van der Waals surface area contributed by atoms with E-state index in [0.29, 0.717) is 0 Å². The van der Waals surface area contributed by atoms with Crippen LogP contribution in [0.5, 0.6) is 0 Å². The molecular formula is C14H13NS. The maximum Gasteiger partial charge on any atom is 0.106 e. The maximum absolute atomic E-state index is 5.30. The second-order valence-electron chi connectivity index (χ2n) is 3.49. The molecule has 0 amide bonds. The Kier molecular flexibility index (Phi) is 3.32. The van der Waals surface area contributed by atoms with E-state index in [-0.39, 0.29) is 0 Å². The van der Waals surface area contributed by atoms with Crippen LogP contribution in [0.2, 0.25) is 0 Å². The topological polar surface area (TPSA) is 12.0 Å². The summed E-state index contributed by atoms with van der Waals surface area (Å²) in [6.45, 7) is 0. The van der Waals surface area contributed by atoms with E-state index < -0.39 is 0 Å². The first-order chi connectivity index (χ1) is 7.83. The van der Waals surface area contributed by atoms with Crippen LogP contribution in [0.1, 0.15) is 5.56 Å². The Morgan fingerprint density at radius 1 is 0.938 bits per heavy atom. The van der Waals surface area contributed by atoms with Crippen LogP contribution in [0.25, 0.3) is 11.1 Å². The van der Waals surface area contributed by atoms with Gasteiger partial charge in [-0.25, -0.2) is 0 Å². The lowest BCUT2D eigenvalue weighted by atomic mass is 10.00. The molecule has 0 atom stereocenters. The number of hydrogen-bond donors (Lipinski definition) is 1. The Morgan fingerprint density at radius 3 is 2.25 bits per heavy atom. The number of hydrogen-bond acceptors (Lipinski definition) is 1. The Morgan fingerprint density at radius 2 is 1.56 bits per heavy atom. The second-order valence-corrected chi connectivity index (χ2v) is 3.90. The van der Waals surface area contributed by atoms with Gasteiger partial charge in [0.1, 0.15) is 4.99 Å². The molecular weight excluding hydrogens is 214 g/mol. The standard InChI is InChI=1S/C14H13NS/c1-15-14(16)13-10-6-5-9-12(13)11-7-3-2-4-8-11/h2-10H,1H3,(H,15,16). The van der Waals surface area contributed by atoms with Crippen LogP contribution in [0.3, 0.4) is 0 Å². The first kappa shape index (κ1) is 10.8. The van der Waals surface area contributed by atoms with Gasteiger partial charge in [-0.1, -0.05) is 66.8 Å². The lowest BCUT2D eigenvalue weighted by molar-refractivity contribution is 1.20. The lowest BCUT2D eigenvalue weighted by Crippen LogP contribution is -2.17. The number of thiocarbonyl (C=S) groups is 1. The van der Waals surface area contributed by atoms with Gasteiger partial charge in [0, 0.05) is 12.6 Å². The Bertz CT molecular complexity index is 491. The average molecular weight is 227 g/mol. The fourth-order valence-electron chi connectivity index (χ4n) is 1.69. The number of nitrogens with one attached hydrogen (secondary N) is 1. The summed E-state index contributed by atoms with van der Waals surface area (Å²) in [5.74, 6) is 0. The fourth-order valence-corrected chi connectivity index (χ4v) is 1.86. The normalized spacial score (nSPS) is 9.81. The molecule has 0 fully saturated rings. The minimum atomic E-state index is 0.777. The molecule has 0 aliphatic heterocycles. The third kappa shape index (κ3) is 2.12. The van der Waals surface area contributed by atoms with E-state index in [4.69, 9.17) is 12.2 Å². The Hall–Kier alpha value is -1.67. The SMILES string of the molecule is CNC(=S)c1ccccc1-c1ccccc1. The van der Waals surface area contributed by atoms with Crippen molar-refractivity contribution in [3.8, 4) is 11.1 Å². The van der Waals surface area contributed by atoms with Crippen molar-refractivity contribution in [3.05, 3.63) is 60.2 Å². The van der Waals surface area contributed by atoms with Gasteiger partial charge in [0.15, 0.2) is 0 Å². The van der Waals surface area contributed by atoms with E-state index in [0.717, 1.165) is 10.6 Å². The first-order valence-corrected chi connectivity index (χ1v) is 5.60. The van der Waals surface area contributed by atoms with Gasteiger partial charge in [0.2, 0.25) is 0 Å². The summed E-state index contributed by atoms with van der Waals surface area (Å²) >= 11 is 5.30. The maximum atomic E-state index is 5.30. The van der Waals surface area contributed by atoms with Gasteiger partial charge in [0.25, 0.3) is 0 Å². The van der Waals surface area contributed by atoms with Gasteiger partial charge in [-0.3, -0.25) is 0 Å². The third-order valence-corrected chi connectivity index (χ3v) is 2.91.